The molecule has 2 aromatic rings. The van der Waals surface area contributed by atoms with Gasteiger partial charge >= 0.3 is 0 Å². The largest absolute Gasteiger partial charge is 0.493 e. The van der Waals surface area contributed by atoms with Crippen LogP contribution in [-0.4, -0.2) is 6.61 Å². The van der Waals surface area contributed by atoms with Gasteiger partial charge in [0, 0.05) is 10.0 Å². The van der Waals surface area contributed by atoms with E-state index in [1.165, 1.54) is 5.56 Å². The molecule has 0 radical (unpaired) electrons. The Morgan fingerprint density at radius 2 is 1.95 bits per heavy atom. The van der Waals surface area contributed by atoms with Crippen molar-refractivity contribution >= 4 is 27.6 Å². The summed E-state index contributed by atoms with van der Waals surface area (Å²) in [6.45, 7) is 4.76. The average Bonchev–Trinajstić information content (AvgIpc) is 2.53. The van der Waals surface area contributed by atoms with Crippen molar-refractivity contribution in [3.8, 4) is 11.8 Å². The molecular weight excluding hydrogens is 338 g/mol. The first kappa shape index (κ1) is 16.3. The van der Waals surface area contributed by atoms with E-state index >= 15 is 0 Å². The Balaban J connectivity index is 2.42. The molecule has 2 nitrogen and oxygen atoms in total. The summed E-state index contributed by atoms with van der Waals surface area (Å²) in [4.78, 5) is 0. The number of hydrogen-bond acceptors (Lipinski definition) is 2. The van der Waals surface area contributed by atoms with Gasteiger partial charge in [-0.1, -0.05) is 52.7 Å². The molecule has 0 atom stereocenters. The number of rotatable bonds is 5. The predicted molar refractivity (Wildman–Crippen MR) is 94.6 cm³/mol. The molecule has 0 unspecified atom stereocenters. The molecule has 0 spiro atoms. The van der Waals surface area contributed by atoms with Crippen molar-refractivity contribution in [3.05, 3.63) is 63.6 Å². The highest BCUT2D eigenvalue weighted by Crippen LogP contribution is 2.28. The van der Waals surface area contributed by atoms with Crippen LogP contribution in [0.1, 0.15) is 30.0 Å². The Morgan fingerprint density at radius 1 is 1.23 bits per heavy atom. The fourth-order valence-electron chi connectivity index (χ4n) is 2.04. The van der Waals surface area contributed by atoms with E-state index in [2.05, 4.69) is 28.9 Å². The Morgan fingerprint density at radius 3 is 2.59 bits per heavy atom. The molecule has 0 saturated heterocycles. The lowest BCUT2D eigenvalue weighted by Gasteiger charge is -2.09. The van der Waals surface area contributed by atoms with Gasteiger partial charge in [-0.15, -0.1) is 0 Å². The van der Waals surface area contributed by atoms with E-state index in [4.69, 9.17) is 4.74 Å². The average molecular weight is 356 g/mol. The van der Waals surface area contributed by atoms with Crippen molar-refractivity contribution < 1.29 is 4.74 Å². The number of allylic oxidation sites excluding steroid dienone is 1. The van der Waals surface area contributed by atoms with Crippen LogP contribution in [-0.2, 0) is 0 Å². The molecule has 0 aliphatic heterocycles. The number of nitriles is 1. The fourth-order valence-corrected chi connectivity index (χ4v) is 2.42. The van der Waals surface area contributed by atoms with E-state index in [0.29, 0.717) is 12.2 Å². The zero-order valence-corrected chi connectivity index (χ0v) is 14.4. The van der Waals surface area contributed by atoms with E-state index in [1.807, 2.05) is 55.5 Å². The lowest BCUT2D eigenvalue weighted by Crippen LogP contribution is -1.97. The van der Waals surface area contributed by atoms with Crippen molar-refractivity contribution in [1.82, 2.24) is 0 Å². The summed E-state index contributed by atoms with van der Waals surface area (Å²) in [5, 5.41) is 9.48. The number of aryl methyl sites for hydroxylation is 1. The smallest absolute Gasteiger partial charge is 0.126 e. The second-order valence-corrected chi connectivity index (χ2v) is 5.98. The van der Waals surface area contributed by atoms with Gasteiger partial charge in [0.15, 0.2) is 0 Å². The Kier molecular flexibility index (Phi) is 5.80. The van der Waals surface area contributed by atoms with Crippen molar-refractivity contribution in [1.29, 1.82) is 5.26 Å². The third kappa shape index (κ3) is 4.22. The van der Waals surface area contributed by atoms with Gasteiger partial charge in [0.2, 0.25) is 0 Å². The first-order chi connectivity index (χ1) is 10.6. The molecule has 0 aliphatic rings. The monoisotopic (exact) mass is 355 g/mol. The highest BCUT2D eigenvalue weighted by Gasteiger charge is 2.06. The van der Waals surface area contributed by atoms with Crippen LogP contribution in [0.2, 0.25) is 0 Å². The van der Waals surface area contributed by atoms with Gasteiger partial charge in [-0.2, -0.15) is 5.26 Å². The third-order valence-electron chi connectivity index (χ3n) is 3.22. The number of benzene rings is 2. The van der Waals surface area contributed by atoms with E-state index in [0.717, 1.165) is 27.8 Å². The summed E-state index contributed by atoms with van der Waals surface area (Å²) < 4.78 is 6.73. The SMILES string of the molecule is CCCOc1ccc(Br)cc1/C=C(\C#N)c1ccc(C)cc1. The van der Waals surface area contributed by atoms with Crippen LogP contribution in [0, 0.1) is 18.3 Å². The molecule has 0 saturated carbocycles. The summed E-state index contributed by atoms with van der Waals surface area (Å²) >= 11 is 3.47. The maximum absolute atomic E-state index is 9.48. The molecule has 3 heteroatoms. The Bertz CT molecular complexity index is 711. The Hall–Kier alpha value is -2.05. The minimum Gasteiger partial charge on any atom is -0.493 e. The summed E-state index contributed by atoms with van der Waals surface area (Å²) in [6.07, 6.45) is 2.82. The van der Waals surface area contributed by atoms with Crippen LogP contribution in [0.25, 0.3) is 11.6 Å². The fraction of sp³-hybridized carbons (Fsp3) is 0.211. The molecule has 22 heavy (non-hydrogen) atoms. The number of ether oxygens (including phenoxy) is 1. The van der Waals surface area contributed by atoms with Crippen LogP contribution in [0.3, 0.4) is 0 Å². The highest BCUT2D eigenvalue weighted by atomic mass is 79.9. The molecular formula is C19H18BrNO. The van der Waals surface area contributed by atoms with E-state index in [9.17, 15) is 5.26 Å². The van der Waals surface area contributed by atoms with Crippen LogP contribution in [0.5, 0.6) is 5.75 Å². The van der Waals surface area contributed by atoms with E-state index in [1.54, 1.807) is 0 Å². The molecule has 2 rings (SSSR count). The van der Waals surface area contributed by atoms with Gasteiger partial charge in [0.05, 0.1) is 18.2 Å². The van der Waals surface area contributed by atoms with Crippen LogP contribution < -0.4 is 4.74 Å². The number of nitrogens with zero attached hydrogens (tertiary/aromatic N) is 1. The quantitative estimate of drug-likeness (QED) is 0.515. The Labute approximate surface area is 140 Å². The van der Waals surface area contributed by atoms with Gasteiger partial charge in [0.25, 0.3) is 0 Å². The van der Waals surface area contributed by atoms with Gasteiger partial charge in [-0.05, 0) is 43.2 Å². The highest BCUT2D eigenvalue weighted by molar-refractivity contribution is 9.10. The van der Waals surface area contributed by atoms with Crippen molar-refractivity contribution in [2.45, 2.75) is 20.3 Å². The second kappa shape index (κ2) is 7.82. The van der Waals surface area contributed by atoms with Crippen molar-refractivity contribution in [3.63, 3.8) is 0 Å². The van der Waals surface area contributed by atoms with Gasteiger partial charge in [-0.25, -0.2) is 0 Å². The lowest BCUT2D eigenvalue weighted by molar-refractivity contribution is 0.317. The standard InChI is InChI=1S/C19H18BrNO/c1-3-10-22-19-9-8-18(20)12-16(19)11-17(13-21)15-6-4-14(2)5-7-15/h4-9,11-12H,3,10H2,1-2H3/b17-11+. The topological polar surface area (TPSA) is 33.0 Å². The van der Waals surface area contributed by atoms with Crippen molar-refractivity contribution in [2.75, 3.05) is 6.61 Å². The van der Waals surface area contributed by atoms with Crippen LogP contribution in [0.4, 0.5) is 0 Å². The van der Waals surface area contributed by atoms with E-state index in [-0.39, 0.29) is 0 Å². The van der Waals surface area contributed by atoms with Gasteiger partial charge < -0.3 is 4.74 Å². The first-order valence-corrected chi connectivity index (χ1v) is 8.04. The van der Waals surface area contributed by atoms with Gasteiger partial charge in [0.1, 0.15) is 5.75 Å². The molecule has 0 heterocycles. The van der Waals surface area contributed by atoms with Crippen LogP contribution in [0.15, 0.2) is 46.9 Å². The molecule has 0 aromatic heterocycles. The third-order valence-corrected chi connectivity index (χ3v) is 3.71. The predicted octanol–water partition coefficient (Wildman–Crippen LogP) is 5.61. The molecule has 0 bridgehead atoms. The summed E-state index contributed by atoms with van der Waals surface area (Å²) in [5.41, 5.74) is 3.62. The summed E-state index contributed by atoms with van der Waals surface area (Å²) in [5.74, 6) is 0.796. The molecule has 2 aromatic carbocycles. The molecule has 0 amide bonds. The molecule has 0 aliphatic carbocycles. The second-order valence-electron chi connectivity index (χ2n) is 5.07. The number of halogens is 1. The maximum Gasteiger partial charge on any atom is 0.126 e. The minimum absolute atomic E-state index is 0.624. The number of hydrogen-bond donors (Lipinski definition) is 0. The van der Waals surface area contributed by atoms with Crippen molar-refractivity contribution in [2.24, 2.45) is 0 Å². The van der Waals surface area contributed by atoms with Gasteiger partial charge in [-0.3, -0.25) is 0 Å². The summed E-state index contributed by atoms with van der Waals surface area (Å²) in [6, 6.07) is 16.1. The van der Waals surface area contributed by atoms with E-state index < -0.39 is 0 Å². The normalized spacial score (nSPS) is 11.1. The molecule has 0 fully saturated rings. The van der Waals surface area contributed by atoms with Crippen LogP contribution >= 0.6 is 15.9 Å². The first-order valence-electron chi connectivity index (χ1n) is 7.25. The molecule has 112 valence electrons. The minimum atomic E-state index is 0.624. The zero-order chi connectivity index (χ0) is 15.9. The lowest BCUT2D eigenvalue weighted by atomic mass is 10.0. The maximum atomic E-state index is 9.48. The molecule has 0 N–H and O–H groups in total. The summed E-state index contributed by atoms with van der Waals surface area (Å²) in [7, 11) is 0. The zero-order valence-electron chi connectivity index (χ0n) is 12.8.